The van der Waals surface area contributed by atoms with Crippen molar-refractivity contribution in [3.63, 3.8) is 0 Å². The summed E-state index contributed by atoms with van der Waals surface area (Å²) in [5.74, 6) is -15.3. The van der Waals surface area contributed by atoms with Crippen molar-refractivity contribution in [3.8, 4) is 0 Å². The Balaban J connectivity index is 1.48. The number of ketones is 2. The Morgan fingerprint density at radius 2 is 0.841 bits per heavy atom. The molecule has 2 aliphatic carbocycles. The van der Waals surface area contributed by atoms with E-state index in [0.717, 1.165) is 65.8 Å². The zero-order valence-electron chi connectivity index (χ0n) is 39.4. The Labute approximate surface area is 395 Å². The van der Waals surface area contributed by atoms with Crippen LogP contribution in [0.2, 0.25) is 0 Å². The fraction of sp³-hybridized carbons (Fsp3) is 0.556. The summed E-state index contributed by atoms with van der Waals surface area (Å²) in [4.78, 5) is 97.3. The van der Waals surface area contributed by atoms with Crippen LogP contribution in [0.5, 0.6) is 0 Å². The molecule has 2 fully saturated rings. The molecule has 2 saturated heterocycles. The van der Waals surface area contributed by atoms with Crippen LogP contribution in [-0.4, -0.2) is 172 Å². The summed E-state index contributed by atoms with van der Waals surface area (Å²) < 4.78 is 77.2. The molecule has 2 heterocycles. The van der Waals surface area contributed by atoms with E-state index >= 15 is 0 Å². The molecule has 4 rings (SSSR count). The summed E-state index contributed by atoms with van der Waals surface area (Å²) in [6.07, 6.45) is 0.0758. The van der Waals surface area contributed by atoms with Crippen molar-refractivity contribution >= 4 is 47.4 Å². The van der Waals surface area contributed by atoms with Gasteiger partial charge in [-0.25, -0.2) is 0 Å². The molecule has 2 aliphatic heterocycles. The fourth-order valence-electron chi connectivity index (χ4n) is 7.39. The third-order valence-electron chi connectivity index (χ3n) is 10.4. The molecule has 0 aromatic rings. The quantitative estimate of drug-likeness (QED) is 0.0485. The zero-order chi connectivity index (χ0) is 51.5. The van der Waals surface area contributed by atoms with Gasteiger partial charge in [-0.05, 0) is 47.6 Å². The molecule has 0 aromatic carbocycles. The van der Waals surface area contributed by atoms with Crippen LogP contribution in [0.3, 0.4) is 0 Å². The lowest BCUT2D eigenvalue weighted by Gasteiger charge is -2.43. The lowest BCUT2D eigenvalue weighted by molar-refractivity contribution is -0.382. The molecular weight excluding hydrogens is 924 g/mol. The minimum atomic E-state index is -2.55. The number of carbonyl (C=O) groups is 8. The number of ether oxygens (including phenoxy) is 14. The van der Waals surface area contributed by atoms with Crippen molar-refractivity contribution in [1.29, 1.82) is 0 Å². The second kappa shape index (κ2) is 23.7. The molecule has 2 N–H and O–H groups in total. The van der Waals surface area contributed by atoms with Crippen LogP contribution in [0.25, 0.3) is 0 Å². The van der Waals surface area contributed by atoms with Gasteiger partial charge in [0.25, 0.3) is 0 Å². The Morgan fingerprint density at radius 3 is 1.13 bits per heavy atom. The van der Waals surface area contributed by atoms with Gasteiger partial charge in [0.2, 0.25) is 35.7 Å². The van der Waals surface area contributed by atoms with E-state index in [1.807, 2.05) is 0 Å². The first-order chi connectivity index (χ1) is 32.4. The van der Waals surface area contributed by atoms with Crippen LogP contribution in [-0.2, 0) is 105 Å². The summed E-state index contributed by atoms with van der Waals surface area (Å²) in [7, 11) is 4.67. The normalized spacial score (nSPS) is 30.0. The van der Waals surface area contributed by atoms with Crippen LogP contribution < -0.4 is 0 Å². The van der Waals surface area contributed by atoms with Crippen LogP contribution in [0.1, 0.15) is 48.0 Å². The first kappa shape index (κ1) is 55.8. The smallest absolute Gasteiger partial charge is 0.303 e. The second-order valence-corrected chi connectivity index (χ2v) is 15.5. The maximum atomic E-state index is 13.0. The zero-order valence-corrected chi connectivity index (χ0v) is 39.4. The SMILES string of the molecule is COC1(OC)C=C(C=CC(=O)CC(=O)C=CC2=CC(OC)(OC)C(O)(OC3O[C@H](COC(C)=O)[C@@H](OC(C)=O)[C@H]3OC(C)=O)C=C2)C=CC1(O)OC1O[C@H](COC(C)=O)[C@@H](OC(C)=O)[C@H]1OC(C)=O. The average molecular weight is 981 g/mol. The van der Waals surface area contributed by atoms with E-state index in [9.17, 15) is 48.6 Å². The molecule has 0 amide bonds. The van der Waals surface area contributed by atoms with E-state index in [1.165, 1.54) is 64.9 Å². The average Bonchev–Trinajstić information content (AvgIpc) is 3.73. The summed E-state index contributed by atoms with van der Waals surface area (Å²) >= 11 is 0. The number of aliphatic hydroxyl groups is 2. The van der Waals surface area contributed by atoms with E-state index in [1.54, 1.807) is 0 Å². The van der Waals surface area contributed by atoms with E-state index in [-0.39, 0.29) is 11.1 Å². The number of esters is 6. The van der Waals surface area contributed by atoms with Gasteiger partial charge in [0.15, 0.2) is 36.0 Å². The van der Waals surface area contributed by atoms with Gasteiger partial charge in [-0.15, -0.1) is 0 Å². The van der Waals surface area contributed by atoms with Gasteiger partial charge in [-0.2, -0.15) is 0 Å². The highest BCUT2D eigenvalue weighted by atomic mass is 16.8. The number of hydrogen-bond donors (Lipinski definition) is 2. The molecule has 10 atom stereocenters. The van der Waals surface area contributed by atoms with Gasteiger partial charge in [0.1, 0.15) is 25.4 Å². The van der Waals surface area contributed by atoms with Crippen LogP contribution in [0.15, 0.2) is 71.9 Å². The number of allylic oxidation sites excluding steroid dienone is 8. The summed E-state index contributed by atoms with van der Waals surface area (Å²) in [5, 5.41) is 23.7. The summed E-state index contributed by atoms with van der Waals surface area (Å²) in [6, 6.07) is 0. The first-order valence-electron chi connectivity index (χ1n) is 20.9. The fourth-order valence-corrected chi connectivity index (χ4v) is 7.39. The van der Waals surface area contributed by atoms with Crippen molar-refractivity contribution < 1.29 is 115 Å². The Hall–Kier alpha value is -5.80. The van der Waals surface area contributed by atoms with Crippen molar-refractivity contribution in [2.75, 3.05) is 41.7 Å². The predicted molar refractivity (Wildman–Crippen MR) is 226 cm³/mol. The van der Waals surface area contributed by atoms with Crippen molar-refractivity contribution in [1.82, 2.24) is 0 Å². The van der Waals surface area contributed by atoms with E-state index in [0.29, 0.717) is 0 Å². The highest BCUT2D eigenvalue weighted by Crippen LogP contribution is 2.42. The lowest BCUT2D eigenvalue weighted by atomic mass is 9.94. The van der Waals surface area contributed by atoms with Gasteiger partial charge >= 0.3 is 35.8 Å². The second-order valence-electron chi connectivity index (χ2n) is 15.5. The van der Waals surface area contributed by atoms with E-state index < -0.39 is 139 Å². The Bertz CT molecular complexity index is 2000. The minimum absolute atomic E-state index is 0.226. The largest absolute Gasteiger partial charge is 0.463 e. The lowest BCUT2D eigenvalue weighted by Crippen LogP contribution is -2.60. The molecule has 4 unspecified atom stereocenters. The maximum Gasteiger partial charge on any atom is 0.303 e. The molecule has 4 aliphatic rings. The van der Waals surface area contributed by atoms with Crippen molar-refractivity contribution in [2.45, 2.75) is 120 Å². The van der Waals surface area contributed by atoms with Gasteiger partial charge in [0, 0.05) is 70.0 Å². The first-order valence-corrected chi connectivity index (χ1v) is 20.9. The van der Waals surface area contributed by atoms with E-state index in [4.69, 9.17) is 66.3 Å². The Kier molecular flexibility index (Phi) is 19.1. The number of methoxy groups -OCH3 is 4. The molecule has 69 heavy (non-hydrogen) atoms. The van der Waals surface area contributed by atoms with Crippen molar-refractivity contribution in [3.05, 3.63) is 71.9 Å². The van der Waals surface area contributed by atoms with Gasteiger partial charge in [-0.3, -0.25) is 38.4 Å². The highest BCUT2D eigenvalue weighted by Gasteiger charge is 2.60. The van der Waals surface area contributed by atoms with Gasteiger partial charge in [0.05, 0.1) is 6.42 Å². The number of rotatable bonds is 22. The predicted octanol–water partition coefficient (Wildman–Crippen LogP) is 0.311. The molecule has 0 radical (unpaired) electrons. The molecule has 0 spiro atoms. The molecule has 0 aromatic heterocycles. The Morgan fingerprint density at radius 1 is 0.522 bits per heavy atom. The minimum Gasteiger partial charge on any atom is -0.463 e. The molecule has 24 nitrogen and oxygen atoms in total. The standard InChI is InChI=1S/C45H56O24/c1-24(46)60-22-34-36(62-26(3)48)38(64-28(5)50)40(66-34)68-42(54)17-15-30(20-44(42,56-7)57-8)11-13-32(52)19-33(53)14-12-31-16-18-43(55,45(21-31,58-9)59-10)69-41-39(65-29(6)51)37(63-27(4)49)35(67-41)23-61-25(2)47/h11-18,20-21,34-41,54-55H,19,22-23H2,1-10H3/t34-,35-,36-,37-,38-,39-,40?,41?,42?,43?/m1/s1. The third-order valence-corrected chi connectivity index (χ3v) is 10.4. The number of hydrogen-bond acceptors (Lipinski definition) is 24. The topological polar surface area (TPSA) is 306 Å². The highest BCUT2D eigenvalue weighted by molar-refractivity contribution is 6.08. The van der Waals surface area contributed by atoms with Crippen LogP contribution >= 0.6 is 0 Å². The maximum absolute atomic E-state index is 13.0. The van der Waals surface area contributed by atoms with Crippen LogP contribution in [0, 0.1) is 0 Å². The van der Waals surface area contributed by atoms with E-state index in [2.05, 4.69) is 0 Å². The monoisotopic (exact) mass is 980 g/mol. The molecular formula is C45H56O24. The molecule has 24 heteroatoms. The molecule has 380 valence electrons. The van der Waals surface area contributed by atoms with Gasteiger partial charge in [-0.1, -0.05) is 24.3 Å². The summed E-state index contributed by atoms with van der Waals surface area (Å²) in [5.41, 5.74) is 0.453. The number of carbonyl (C=O) groups excluding carboxylic acids is 8. The summed E-state index contributed by atoms with van der Waals surface area (Å²) in [6.45, 7) is 5.72. The van der Waals surface area contributed by atoms with Crippen LogP contribution in [0.4, 0.5) is 0 Å². The van der Waals surface area contributed by atoms with Crippen molar-refractivity contribution in [2.24, 2.45) is 0 Å². The molecule has 0 bridgehead atoms. The van der Waals surface area contributed by atoms with Gasteiger partial charge < -0.3 is 76.5 Å². The molecule has 0 saturated carbocycles. The third kappa shape index (κ3) is 13.7.